The third-order valence-corrected chi connectivity index (χ3v) is 2.38. The molecule has 0 aromatic heterocycles. The van der Waals surface area contributed by atoms with Crippen LogP contribution in [0.25, 0.3) is 0 Å². The summed E-state index contributed by atoms with van der Waals surface area (Å²) in [5, 5.41) is 3.48. The van der Waals surface area contributed by atoms with Crippen LogP contribution < -0.4 is 5.01 Å². The molecule has 1 aromatic carbocycles. The molecule has 1 rings (SSSR count). The molecule has 0 aliphatic heterocycles. The molecular weight excluding hydrogens is 248 g/mol. The third-order valence-electron chi connectivity index (χ3n) is 1.71. The molecule has 4 nitrogen and oxygen atoms in total. The fourth-order valence-corrected chi connectivity index (χ4v) is 1.47. The minimum Gasteiger partial charge on any atom is -0.273 e. The zero-order valence-corrected chi connectivity index (χ0v) is 9.41. The summed E-state index contributed by atoms with van der Waals surface area (Å²) in [6, 6.07) is 5.36. The number of carbonyl (C=O) groups excluding carboxylic acids is 1. The molecule has 0 saturated carbocycles. The van der Waals surface area contributed by atoms with Crippen LogP contribution in [0.4, 0.5) is 5.69 Å². The normalized spacial score (nSPS) is 9.64. The Bertz CT molecular complexity index is 379. The number of rotatable bonds is 2. The molecule has 0 atom stereocenters. The quantitative estimate of drug-likeness (QED) is 0.604. The van der Waals surface area contributed by atoms with Crippen LogP contribution in [0, 0.1) is 11.8 Å². The van der Waals surface area contributed by atoms with Crippen molar-refractivity contribution in [1.82, 2.24) is 0 Å². The van der Waals surface area contributed by atoms with Gasteiger partial charge in [-0.15, -0.1) is 4.91 Å². The Balaban J connectivity index is 3.21. The van der Waals surface area contributed by atoms with Crippen molar-refractivity contribution in [3.63, 3.8) is 0 Å². The van der Waals surface area contributed by atoms with Crippen LogP contribution in [-0.2, 0) is 4.79 Å². The van der Waals surface area contributed by atoms with E-state index in [0.717, 1.165) is 10.6 Å². The lowest BCUT2D eigenvalue weighted by atomic mass is 10.2. The van der Waals surface area contributed by atoms with E-state index in [1.807, 2.05) is 13.0 Å². The monoisotopic (exact) mass is 256 g/mol. The Hall–Kier alpha value is -1.23. The van der Waals surface area contributed by atoms with E-state index in [-0.39, 0.29) is 0 Å². The molecule has 0 unspecified atom stereocenters. The first kappa shape index (κ1) is 10.8. The Kier molecular flexibility index (Phi) is 3.35. The zero-order valence-electron chi connectivity index (χ0n) is 7.82. The van der Waals surface area contributed by atoms with Crippen molar-refractivity contribution in [2.24, 2.45) is 5.29 Å². The van der Waals surface area contributed by atoms with Crippen LogP contribution in [-0.4, -0.2) is 5.91 Å². The maximum absolute atomic E-state index is 11.1. The largest absolute Gasteiger partial charge is 0.273 e. The van der Waals surface area contributed by atoms with Gasteiger partial charge < -0.3 is 0 Å². The molecule has 1 amide bonds. The predicted molar refractivity (Wildman–Crippen MR) is 57.8 cm³/mol. The first-order valence-corrected chi connectivity index (χ1v) is 4.75. The second-order valence-electron chi connectivity index (χ2n) is 2.87. The molecule has 74 valence electrons. The summed E-state index contributed by atoms with van der Waals surface area (Å²) < 4.78 is 0.665. The van der Waals surface area contributed by atoms with Gasteiger partial charge in [-0.2, -0.15) is 5.01 Å². The van der Waals surface area contributed by atoms with Gasteiger partial charge in [0, 0.05) is 11.4 Å². The van der Waals surface area contributed by atoms with E-state index < -0.39 is 5.91 Å². The molecule has 0 heterocycles. The number of nitroso groups, excluding NO2 is 1. The minimum atomic E-state index is -0.411. The van der Waals surface area contributed by atoms with E-state index in [4.69, 9.17) is 0 Å². The highest BCUT2D eigenvalue weighted by molar-refractivity contribution is 9.10. The molecule has 0 spiro atoms. The van der Waals surface area contributed by atoms with Gasteiger partial charge in [-0.3, -0.25) is 4.79 Å². The van der Waals surface area contributed by atoms with Crippen molar-refractivity contribution in [3.8, 4) is 0 Å². The van der Waals surface area contributed by atoms with Crippen molar-refractivity contribution in [2.75, 3.05) is 5.01 Å². The molecule has 14 heavy (non-hydrogen) atoms. The standard InChI is InChI=1S/C9H9BrN2O2/c1-6-3-4-8(10)9(5-6)12(11-14)7(2)13/h3-5H,1-2H3. The molecule has 5 heteroatoms. The smallest absolute Gasteiger partial charge is 0.246 e. The van der Waals surface area contributed by atoms with Crippen LogP contribution in [0.5, 0.6) is 0 Å². The topological polar surface area (TPSA) is 49.7 Å². The Morgan fingerprint density at radius 1 is 1.50 bits per heavy atom. The van der Waals surface area contributed by atoms with Gasteiger partial charge in [0.15, 0.2) is 0 Å². The number of anilines is 1. The zero-order chi connectivity index (χ0) is 10.7. The van der Waals surface area contributed by atoms with Crippen LogP contribution in [0.1, 0.15) is 12.5 Å². The number of hydrogen-bond donors (Lipinski definition) is 0. The lowest BCUT2D eigenvalue weighted by Crippen LogP contribution is -2.21. The van der Waals surface area contributed by atoms with E-state index in [9.17, 15) is 9.70 Å². The van der Waals surface area contributed by atoms with E-state index >= 15 is 0 Å². The van der Waals surface area contributed by atoms with Gasteiger partial charge in [0.2, 0.25) is 5.91 Å². The van der Waals surface area contributed by atoms with E-state index in [2.05, 4.69) is 21.2 Å². The predicted octanol–water partition coefficient (Wildman–Crippen LogP) is 2.79. The molecular formula is C9H9BrN2O2. The third kappa shape index (κ3) is 2.17. The summed E-state index contributed by atoms with van der Waals surface area (Å²) in [6.07, 6.45) is 0. The Morgan fingerprint density at radius 2 is 2.14 bits per heavy atom. The molecule has 0 fully saturated rings. The number of halogens is 1. The first-order chi connectivity index (χ1) is 6.56. The number of benzene rings is 1. The fourth-order valence-electron chi connectivity index (χ4n) is 1.06. The van der Waals surface area contributed by atoms with Crippen LogP contribution in [0.3, 0.4) is 0 Å². The Labute approximate surface area is 90.0 Å². The number of amides is 1. The van der Waals surface area contributed by atoms with Gasteiger partial charge in [-0.1, -0.05) is 6.07 Å². The summed E-state index contributed by atoms with van der Waals surface area (Å²) in [7, 11) is 0. The highest BCUT2D eigenvalue weighted by Gasteiger charge is 2.14. The first-order valence-electron chi connectivity index (χ1n) is 3.96. The molecule has 0 N–H and O–H groups in total. The number of carbonyl (C=O) groups is 1. The summed E-state index contributed by atoms with van der Waals surface area (Å²) in [4.78, 5) is 21.5. The van der Waals surface area contributed by atoms with Crippen LogP contribution in [0.15, 0.2) is 28.0 Å². The van der Waals surface area contributed by atoms with Crippen LogP contribution >= 0.6 is 15.9 Å². The number of hydrogen-bond acceptors (Lipinski definition) is 3. The highest BCUT2D eigenvalue weighted by atomic mass is 79.9. The van der Waals surface area contributed by atoms with Crippen molar-refractivity contribution in [3.05, 3.63) is 33.1 Å². The van der Waals surface area contributed by atoms with Gasteiger partial charge in [-0.05, 0) is 40.5 Å². The van der Waals surface area contributed by atoms with Gasteiger partial charge >= 0.3 is 0 Å². The summed E-state index contributed by atoms with van der Waals surface area (Å²) in [5.74, 6) is -0.411. The van der Waals surface area contributed by atoms with E-state index in [1.165, 1.54) is 6.92 Å². The van der Waals surface area contributed by atoms with Crippen molar-refractivity contribution in [2.45, 2.75) is 13.8 Å². The van der Waals surface area contributed by atoms with Gasteiger partial charge in [0.05, 0.1) is 11.0 Å². The molecule has 0 aliphatic rings. The average molecular weight is 257 g/mol. The van der Waals surface area contributed by atoms with E-state index in [0.29, 0.717) is 10.2 Å². The average Bonchev–Trinajstić information content (AvgIpc) is 2.11. The summed E-state index contributed by atoms with van der Waals surface area (Å²) in [6.45, 7) is 3.16. The van der Waals surface area contributed by atoms with Gasteiger partial charge in [0.25, 0.3) is 0 Å². The van der Waals surface area contributed by atoms with Gasteiger partial charge in [0.1, 0.15) is 0 Å². The van der Waals surface area contributed by atoms with Crippen molar-refractivity contribution in [1.29, 1.82) is 0 Å². The maximum atomic E-state index is 11.1. The van der Waals surface area contributed by atoms with Gasteiger partial charge in [-0.25, -0.2) is 0 Å². The van der Waals surface area contributed by atoms with Crippen molar-refractivity contribution >= 4 is 27.5 Å². The number of nitrogens with zero attached hydrogens (tertiary/aromatic N) is 2. The maximum Gasteiger partial charge on any atom is 0.246 e. The minimum absolute atomic E-state index is 0.411. The molecule has 0 radical (unpaired) electrons. The Morgan fingerprint density at radius 3 is 2.64 bits per heavy atom. The lowest BCUT2D eigenvalue weighted by Gasteiger charge is -2.13. The summed E-state index contributed by atoms with van der Waals surface area (Å²) in [5.41, 5.74) is 1.42. The lowest BCUT2D eigenvalue weighted by molar-refractivity contribution is -0.116. The SMILES string of the molecule is CC(=O)N(N=O)c1cc(C)ccc1Br. The molecule has 0 bridgehead atoms. The van der Waals surface area contributed by atoms with Crippen molar-refractivity contribution < 1.29 is 4.79 Å². The molecule has 1 aromatic rings. The van der Waals surface area contributed by atoms with E-state index in [1.54, 1.807) is 12.1 Å². The number of aryl methyl sites for hydroxylation is 1. The fraction of sp³-hybridized carbons (Fsp3) is 0.222. The second-order valence-corrected chi connectivity index (χ2v) is 3.72. The summed E-state index contributed by atoms with van der Waals surface area (Å²) >= 11 is 3.25. The van der Waals surface area contributed by atoms with Crippen LogP contribution in [0.2, 0.25) is 0 Å². The molecule has 0 aliphatic carbocycles. The second kappa shape index (κ2) is 4.32. The molecule has 0 saturated heterocycles. The highest BCUT2D eigenvalue weighted by Crippen LogP contribution is 2.27.